The maximum atomic E-state index is 11.4. The summed E-state index contributed by atoms with van der Waals surface area (Å²) >= 11 is 7.31. The molecule has 0 aromatic carbocycles. The van der Waals surface area contributed by atoms with Crippen LogP contribution in [0.15, 0.2) is 23.8 Å². The average Bonchev–Trinajstić information content (AvgIpc) is 2.49. The highest BCUT2D eigenvalue weighted by atomic mass is 35.5. The third-order valence-electron chi connectivity index (χ3n) is 1.80. The number of allylic oxidation sites excluding steroid dienone is 1. The van der Waals surface area contributed by atoms with Crippen LogP contribution >= 0.6 is 22.9 Å². The molecule has 4 heteroatoms. The topological polar surface area (TPSA) is 29.1 Å². The Morgan fingerprint density at radius 1 is 1.53 bits per heavy atom. The zero-order valence-electron chi connectivity index (χ0n) is 9.00. The van der Waals surface area contributed by atoms with Gasteiger partial charge in [-0.15, -0.1) is 11.3 Å². The van der Waals surface area contributed by atoms with Gasteiger partial charge in [0.25, 0.3) is 0 Å². The van der Waals surface area contributed by atoms with Crippen LogP contribution in [0.25, 0.3) is 0 Å². The van der Waals surface area contributed by atoms with Gasteiger partial charge in [0, 0.05) is 11.0 Å². The Bertz CT molecular complexity index is 380. The molecule has 0 unspecified atom stereocenters. The van der Waals surface area contributed by atoms with Gasteiger partial charge in [0.05, 0.1) is 10.4 Å². The minimum absolute atomic E-state index is 0.00519. The Morgan fingerprint density at radius 2 is 2.20 bits per heavy atom. The van der Waals surface area contributed by atoms with Gasteiger partial charge in [-0.25, -0.2) is 0 Å². The van der Waals surface area contributed by atoms with E-state index in [9.17, 15) is 4.79 Å². The summed E-state index contributed by atoms with van der Waals surface area (Å²) in [7, 11) is 0. The second-order valence-electron chi connectivity index (χ2n) is 3.59. The number of carbonyl (C=O) groups is 1. The summed E-state index contributed by atoms with van der Waals surface area (Å²) < 4.78 is 0.744. The second-order valence-corrected chi connectivity index (χ2v) is 5.34. The second kappa shape index (κ2) is 5.33. The SMILES string of the molecule is CC(C)=CC(=O)N[C@@H](C)c1ccc(Cl)s1. The van der Waals surface area contributed by atoms with Gasteiger partial charge in [0.2, 0.25) is 5.91 Å². The minimum atomic E-state index is -0.0629. The first-order chi connectivity index (χ1) is 6.99. The molecule has 1 N–H and O–H groups in total. The first-order valence-corrected chi connectivity index (χ1v) is 5.89. The summed E-state index contributed by atoms with van der Waals surface area (Å²) in [5.74, 6) is -0.0629. The highest BCUT2D eigenvalue weighted by Crippen LogP contribution is 2.26. The molecule has 0 radical (unpaired) electrons. The van der Waals surface area contributed by atoms with E-state index >= 15 is 0 Å². The van der Waals surface area contributed by atoms with Crippen molar-refractivity contribution in [3.8, 4) is 0 Å². The molecule has 1 amide bonds. The first kappa shape index (κ1) is 12.3. The molecule has 0 aliphatic carbocycles. The molecule has 0 spiro atoms. The maximum Gasteiger partial charge on any atom is 0.244 e. The zero-order valence-corrected chi connectivity index (χ0v) is 10.6. The summed E-state index contributed by atoms with van der Waals surface area (Å²) in [6, 6.07) is 3.77. The van der Waals surface area contributed by atoms with E-state index in [1.807, 2.05) is 32.9 Å². The Labute approximate surface area is 99.0 Å². The van der Waals surface area contributed by atoms with E-state index in [0.717, 1.165) is 14.8 Å². The van der Waals surface area contributed by atoms with E-state index in [-0.39, 0.29) is 11.9 Å². The molecule has 15 heavy (non-hydrogen) atoms. The van der Waals surface area contributed by atoms with Gasteiger partial charge >= 0.3 is 0 Å². The van der Waals surface area contributed by atoms with Crippen molar-refractivity contribution in [2.45, 2.75) is 26.8 Å². The molecule has 0 bridgehead atoms. The first-order valence-electron chi connectivity index (χ1n) is 4.69. The van der Waals surface area contributed by atoms with Gasteiger partial charge in [-0.3, -0.25) is 4.79 Å². The van der Waals surface area contributed by atoms with Crippen LogP contribution in [0.4, 0.5) is 0 Å². The van der Waals surface area contributed by atoms with Gasteiger partial charge in [-0.2, -0.15) is 0 Å². The molecule has 0 aliphatic rings. The summed E-state index contributed by atoms with van der Waals surface area (Å²) in [6.45, 7) is 5.73. The lowest BCUT2D eigenvalue weighted by Gasteiger charge is -2.10. The van der Waals surface area contributed by atoms with Gasteiger partial charge in [-0.05, 0) is 32.9 Å². The van der Waals surface area contributed by atoms with Crippen molar-refractivity contribution in [2.24, 2.45) is 0 Å². The van der Waals surface area contributed by atoms with Crippen LogP contribution in [0.2, 0.25) is 4.34 Å². The predicted molar refractivity (Wildman–Crippen MR) is 65.3 cm³/mol. The normalized spacial score (nSPS) is 12.0. The molecule has 1 aromatic rings. The van der Waals surface area contributed by atoms with Crippen molar-refractivity contribution in [3.05, 3.63) is 33.0 Å². The molecule has 1 heterocycles. The number of hydrogen-bond donors (Lipinski definition) is 1. The lowest BCUT2D eigenvalue weighted by molar-refractivity contribution is -0.117. The lowest BCUT2D eigenvalue weighted by Crippen LogP contribution is -2.24. The molecule has 82 valence electrons. The Morgan fingerprint density at radius 3 is 2.67 bits per heavy atom. The number of rotatable bonds is 3. The molecular formula is C11H14ClNOS. The van der Waals surface area contributed by atoms with Crippen molar-refractivity contribution < 1.29 is 4.79 Å². The standard InChI is InChI=1S/C11H14ClNOS/c1-7(2)6-11(14)13-8(3)9-4-5-10(12)15-9/h4-6,8H,1-3H3,(H,13,14)/t8-/m0/s1. The summed E-state index contributed by atoms with van der Waals surface area (Å²) in [5.41, 5.74) is 0.990. The third kappa shape index (κ3) is 4.06. The smallest absolute Gasteiger partial charge is 0.244 e. The maximum absolute atomic E-state index is 11.4. The largest absolute Gasteiger partial charge is 0.345 e. The van der Waals surface area contributed by atoms with Crippen molar-refractivity contribution in [2.75, 3.05) is 0 Å². The van der Waals surface area contributed by atoms with E-state index in [1.54, 1.807) is 6.08 Å². The predicted octanol–water partition coefficient (Wildman–Crippen LogP) is 3.54. The Balaban J connectivity index is 2.60. The zero-order chi connectivity index (χ0) is 11.4. The molecule has 1 atom stereocenters. The lowest BCUT2D eigenvalue weighted by atomic mass is 10.2. The number of carbonyl (C=O) groups excluding carboxylic acids is 1. The molecule has 1 aromatic heterocycles. The van der Waals surface area contributed by atoms with Crippen LogP contribution in [-0.2, 0) is 4.79 Å². The number of thiophene rings is 1. The van der Waals surface area contributed by atoms with Crippen molar-refractivity contribution in [3.63, 3.8) is 0 Å². The highest BCUT2D eigenvalue weighted by Gasteiger charge is 2.09. The minimum Gasteiger partial charge on any atom is -0.345 e. The fourth-order valence-corrected chi connectivity index (χ4v) is 2.21. The van der Waals surface area contributed by atoms with Crippen LogP contribution in [0.5, 0.6) is 0 Å². The van der Waals surface area contributed by atoms with Crippen LogP contribution in [0, 0.1) is 0 Å². The number of amides is 1. The molecule has 0 saturated carbocycles. The Hall–Kier alpha value is -0.800. The summed E-state index contributed by atoms with van der Waals surface area (Å²) in [4.78, 5) is 12.5. The molecule has 2 nitrogen and oxygen atoms in total. The molecular weight excluding hydrogens is 230 g/mol. The quantitative estimate of drug-likeness (QED) is 0.809. The number of hydrogen-bond acceptors (Lipinski definition) is 2. The summed E-state index contributed by atoms with van der Waals surface area (Å²) in [5, 5.41) is 2.88. The van der Waals surface area contributed by atoms with Crippen LogP contribution in [-0.4, -0.2) is 5.91 Å². The summed E-state index contributed by atoms with van der Waals surface area (Å²) in [6.07, 6.45) is 1.59. The molecule has 0 aliphatic heterocycles. The van der Waals surface area contributed by atoms with Crippen molar-refractivity contribution in [1.82, 2.24) is 5.32 Å². The fourth-order valence-electron chi connectivity index (χ4n) is 1.15. The van der Waals surface area contributed by atoms with Gasteiger partial charge < -0.3 is 5.32 Å². The van der Waals surface area contributed by atoms with E-state index in [4.69, 9.17) is 11.6 Å². The van der Waals surface area contributed by atoms with Crippen LogP contribution < -0.4 is 5.32 Å². The van der Waals surface area contributed by atoms with Gasteiger partial charge in [0.15, 0.2) is 0 Å². The van der Waals surface area contributed by atoms with Crippen molar-refractivity contribution in [1.29, 1.82) is 0 Å². The highest BCUT2D eigenvalue weighted by molar-refractivity contribution is 7.16. The van der Waals surface area contributed by atoms with E-state index in [0.29, 0.717) is 0 Å². The third-order valence-corrected chi connectivity index (χ3v) is 3.21. The van der Waals surface area contributed by atoms with E-state index < -0.39 is 0 Å². The van der Waals surface area contributed by atoms with Gasteiger partial charge in [0.1, 0.15) is 0 Å². The molecule has 0 fully saturated rings. The van der Waals surface area contributed by atoms with Gasteiger partial charge in [-0.1, -0.05) is 17.2 Å². The monoisotopic (exact) mass is 243 g/mol. The number of halogens is 1. The van der Waals surface area contributed by atoms with E-state index in [1.165, 1.54) is 11.3 Å². The van der Waals surface area contributed by atoms with E-state index in [2.05, 4.69) is 5.32 Å². The van der Waals surface area contributed by atoms with Crippen molar-refractivity contribution >= 4 is 28.8 Å². The van der Waals surface area contributed by atoms with Crippen LogP contribution in [0.3, 0.4) is 0 Å². The molecule has 1 rings (SSSR count). The van der Waals surface area contributed by atoms with Crippen LogP contribution in [0.1, 0.15) is 31.7 Å². The average molecular weight is 244 g/mol. The Kier molecular flexibility index (Phi) is 4.36. The fraction of sp³-hybridized carbons (Fsp3) is 0.364. The molecule has 0 saturated heterocycles. The number of nitrogens with one attached hydrogen (secondary N) is 1.